The van der Waals surface area contributed by atoms with Crippen molar-refractivity contribution in [1.82, 2.24) is 14.9 Å². The predicted octanol–water partition coefficient (Wildman–Crippen LogP) is 1.16. The first-order valence-electron chi connectivity index (χ1n) is 6.62. The Hall–Kier alpha value is -2.70. The summed E-state index contributed by atoms with van der Waals surface area (Å²) in [5.41, 5.74) is 0.675. The highest BCUT2D eigenvalue weighted by atomic mass is 19.1. The summed E-state index contributed by atoms with van der Waals surface area (Å²) in [5.74, 6) is 0.490. The Morgan fingerprint density at radius 2 is 2.23 bits per heavy atom. The lowest BCUT2D eigenvalue weighted by atomic mass is 10.1. The van der Waals surface area contributed by atoms with E-state index >= 15 is 0 Å². The van der Waals surface area contributed by atoms with Crippen LogP contribution in [0.4, 0.5) is 4.39 Å². The third-order valence-corrected chi connectivity index (χ3v) is 2.85. The fraction of sp³-hybridized carbons (Fsp3) is 0.267. The van der Waals surface area contributed by atoms with Gasteiger partial charge in [0.25, 0.3) is 6.47 Å². The number of nitrogens with one attached hydrogen (secondary N) is 1. The zero-order chi connectivity index (χ0) is 16.4. The summed E-state index contributed by atoms with van der Waals surface area (Å²) in [5, 5.41) is 9.69. The molecule has 0 unspecified atom stereocenters. The number of hydrogen-bond acceptors (Lipinski definition) is 3. The average Bonchev–Trinajstić information content (AvgIpc) is 2.85. The van der Waals surface area contributed by atoms with E-state index in [9.17, 15) is 9.18 Å². The molecule has 0 fully saturated rings. The van der Waals surface area contributed by atoms with Crippen molar-refractivity contribution in [2.45, 2.75) is 12.8 Å². The molecular weight excluding hydrogens is 289 g/mol. The van der Waals surface area contributed by atoms with Gasteiger partial charge >= 0.3 is 0 Å². The first-order chi connectivity index (χ1) is 10.6. The van der Waals surface area contributed by atoms with E-state index in [0.29, 0.717) is 18.5 Å². The maximum atomic E-state index is 13.0. The van der Waals surface area contributed by atoms with E-state index in [0.717, 1.165) is 5.82 Å². The molecule has 0 saturated heterocycles. The van der Waals surface area contributed by atoms with Crippen molar-refractivity contribution in [3.8, 4) is 0 Å². The lowest BCUT2D eigenvalue weighted by Gasteiger charge is -2.05. The number of aromatic nitrogens is 2. The molecule has 2 N–H and O–H groups in total. The summed E-state index contributed by atoms with van der Waals surface area (Å²) < 4.78 is 14.9. The number of rotatable bonds is 5. The van der Waals surface area contributed by atoms with Crippen LogP contribution in [0, 0.1) is 5.82 Å². The SMILES string of the molecule is Cn1ccnc1CCNC(=O)Cc1cccc(F)c1.O=CO. The molecule has 0 radical (unpaired) electrons. The van der Waals surface area contributed by atoms with Crippen molar-refractivity contribution < 1.29 is 19.1 Å². The van der Waals surface area contributed by atoms with E-state index in [1.54, 1.807) is 18.3 Å². The van der Waals surface area contributed by atoms with E-state index in [1.807, 2.05) is 17.8 Å². The predicted molar refractivity (Wildman–Crippen MR) is 78.7 cm³/mol. The number of halogens is 1. The molecule has 1 aromatic heterocycles. The van der Waals surface area contributed by atoms with Crippen LogP contribution in [-0.4, -0.2) is 33.6 Å². The number of imidazole rings is 1. The van der Waals surface area contributed by atoms with Crippen LogP contribution in [0.1, 0.15) is 11.4 Å². The fourth-order valence-electron chi connectivity index (χ4n) is 1.85. The highest BCUT2D eigenvalue weighted by Gasteiger charge is 2.05. The van der Waals surface area contributed by atoms with E-state index in [4.69, 9.17) is 9.90 Å². The Labute approximate surface area is 127 Å². The zero-order valence-electron chi connectivity index (χ0n) is 12.2. The molecule has 2 aromatic rings. The van der Waals surface area contributed by atoms with E-state index in [-0.39, 0.29) is 24.6 Å². The van der Waals surface area contributed by atoms with Crippen LogP contribution >= 0.6 is 0 Å². The van der Waals surface area contributed by atoms with Crippen LogP contribution < -0.4 is 5.32 Å². The zero-order valence-corrected chi connectivity index (χ0v) is 12.2. The van der Waals surface area contributed by atoms with Crippen LogP contribution in [-0.2, 0) is 29.5 Å². The first kappa shape index (κ1) is 17.4. The number of nitrogens with zero attached hydrogens (tertiary/aromatic N) is 2. The number of aryl methyl sites for hydroxylation is 1. The van der Waals surface area contributed by atoms with Crippen LogP contribution in [0.3, 0.4) is 0 Å². The molecule has 2 rings (SSSR count). The Bertz CT molecular complexity index is 614. The quantitative estimate of drug-likeness (QED) is 0.812. The molecule has 1 heterocycles. The second-order valence-corrected chi connectivity index (χ2v) is 4.47. The Morgan fingerprint density at radius 3 is 2.82 bits per heavy atom. The smallest absolute Gasteiger partial charge is 0.290 e. The van der Waals surface area contributed by atoms with Gasteiger partial charge in [-0.15, -0.1) is 0 Å². The average molecular weight is 307 g/mol. The number of carboxylic acid groups (broad SMARTS) is 1. The van der Waals surface area contributed by atoms with Gasteiger partial charge in [0.15, 0.2) is 0 Å². The van der Waals surface area contributed by atoms with Gasteiger partial charge in [0, 0.05) is 32.4 Å². The van der Waals surface area contributed by atoms with Gasteiger partial charge < -0.3 is 15.0 Å². The minimum absolute atomic E-state index is 0.111. The van der Waals surface area contributed by atoms with Gasteiger partial charge in [-0.1, -0.05) is 12.1 Å². The monoisotopic (exact) mass is 307 g/mol. The maximum Gasteiger partial charge on any atom is 0.290 e. The highest BCUT2D eigenvalue weighted by Crippen LogP contribution is 2.04. The topological polar surface area (TPSA) is 84.2 Å². The number of carbonyl (C=O) groups excluding carboxylic acids is 1. The molecule has 1 amide bonds. The Balaban J connectivity index is 0.000000745. The van der Waals surface area contributed by atoms with Crippen molar-refractivity contribution >= 4 is 12.4 Å². The van der Waals surface area contributed by atoms with Gasteiger partial charge in [-0.25, -0.2) is 9.37 Å². The molecule has 7 heteroatoms. The normalized spacial score (nSPS) is 9.55. The molecule has 22 heavy (non-hydrogen) atoms. The van der Waals surface area contributed by atoms with Crippen LogP contribution in [0.15, 0.2) is 36.7 Å². The third kappa shape index (κ3) is 6.17. The Morgan fingerprint density at radius 1 is 1.50 bits per heavy atom. The lowest BCUT2D eigenvalue weighted by Crippen LogP contribution is -2.27. The van der Waals surface area contributed by atoms with E-state index < -0.39 is 0 Å². The second kappa shape index (κ2) is 9.28. The standard InChI is InChI=1S/C14H16FN3O.CH2O2/c1-18-8-7-16-13(18)5-6-17-14(19)10-11-3-2-4-12(15)9-11;2-1-3/h2-4,7-9H,5-6,10H2,1H3,(H,17,19);1H,(H,2,3). The van der Waals surface area contributed by atoms with Gasteiger partial charge in [0.05, 0.1) is 6.42 Å². The van der Waals surface area contributed by atoms with Crippen LogP contribution in [0.5, 0.6) is 0 Å². The van der Waals surface area contributed by atoms with Gasteiger partial charge in [0.1, 0.15) is 11.6 Å². The van der Waals surface area contributed by atoms with Crippen molar-refractivity contribution in [1.29, 1.82) is 0 Å². The minimum atomic E-state index is -0.321. The number of hydrogen-bond donors (Lipinski definition) is 2. The summed E-state index contributed by atoms with van der Waals surface area (Å²) >= 11 is 0. The van der Waals surface area contributed by atoms with Crippen molar-refractivity contribution in [3.63, 3.8) is 0 Å². The molecule has 1 aromatic carbocycles. The van der Waals surface area contributed by atoms with Gasteiger partial charge in [-0.05, 0) is 17.7 Å². The third-order valence-electron chi connectivity index (χ3n) is 2.85. The lowest BCUT2D eigenvalue weighted by molar-refractivity contribution is -0.123. The summed E-state index contributed by atoms with van der Waals surface area (Å²) in [7, 11) is 1.91. The summed E-state index contributed by atoms with van der Waals surface area (Å²) in [4.78, 5) is 24.2. The molecule has 118 valence electrons. The van der Waals surface area contributed by atoms with E-state index in [2.05, 4.69) is 10.3 Å². The minimum Gasteiger partial charge on any atom is -0.483 e. The van der Waals surface area contributed by atoms with E-state index in [1.165, 1.54) is 12.1 Å². The summed E-state index contributed by atoms with van der Waals surface area (Å²) in [6.07, 6.45) is 4.46. The van der Waals surface area contributed by atoms with Crippen molar-refractivity contribution in [3.05, 3.63) is 53.9 Å². The number of benzene rings is 1. The molecular formula is C15H18FN3O3. The van der Waals surface area contributed by atoms with Gasteiger partial charge in [0.2, 0.25) is 5.91 Å². The molecule has 0 aliphatic heterocycles. The second-order valence-electron chi connectivity index (χ2n) is 4.47. The van der Waals surface area contributed by atoms with Gasteiger partial charge in [-0.3, -0.25) is 9.59 Å². The summed E-state index contributed by atoms with van der Waals surface area (Å²) in [6, 6.07) is 6.08. The first-order valence-corrected chi connectivity index (χ1v) is 6.62. The number of amides is 1. The highest BCUT2D eigenvalue weighted by molar-refractivity contribution is 5.78. The fourth-order valence-corrected chi connectivity index (χ4v) is 1.85. The molecule has 0 saturated carbocycles. The molecule has 0 bridgehead atoms. The van der Waals surface area contributed by atoms with Crippen molar-refractivity contribution in [2.24, 2.45) is 7.05 Å². The molecule has 0 spiro atoms. The molecule has 0 aliphatic carbocycles. The Kier molecular flexibility index (Phi) is 7.32. The van der Waals surface area contributed by atoms with Crippen LogP contribution in [0.2, 0.25) is 0 Å². The van der Waals surface area contributed by atoms with Crippen LogP contribution in [0.25, 0.3) is 0 Å². The molecule has 0 aliphatic rings. The summed E-state index contributed by atoms with van der Waals surface area (Å²) in [6.45, 7) is 0.277. The molecule has 6 nitrogen and oxygen atoms in total. The molecule has 0 atom stereocenters. The largest absolute Gasteiger partial charge is 0.483 e. The van der Waals surface area contributed by atoms with Gasteiger partial charge in [-0.2, -0.15) is 0 Å². The number of carbonyl (C=O) groups is 2. The maximum absolute atomic E-state index is 13.0. The van der Waals surface area contributed by atoms with Crippen molar-refractivity contribution in [2.75, 3.05) is 6.54 Å².